The first-order chi connectivity index (χ1) is 16.6. The van der Waals surface area contributed by atoms with E-state index in [1.807, 2.05) is 72.2 Å². The molecule has 2 aromatic carbocycles. The van der Waals surface area contributed by atoms with E-state index in [1.165, 1.54) is 11.8 Å². The minimum atomic E-state index is -0.720. The van der Waals surface area contributed by atoms with Crippen LogP contribution in [0.25, 0.3) is 17.1 Å². The van der Waals surface area contributed by atoms with Gasteiger partial charge >= 0.3 is 0 Å². The molecule has 0 amide bonds. The van der Waals surface area contributed by atoms with Gasteiger partial charge in [0.05, 0.1) is 25.0 Å². The fourth-order valence-electron chi connectivity index (χ4n) is 3.49. The van der Waals surface area contributed by atoms with Crippen LogP contribution in [0.5, 0.6) is 11.5 Å². The normalized spacial score (nSPS) is 11.9. The summed E-state index contributed by atoms with van der Waals surface area (Å²) in [5, 5.41) is 20.1. The number of methoxy groups -OCH3 is 1. The van der Waals surface area contributed by atoms with Crippen LogP contribution >= 0.6 is 11.8 Å². The van der Waals surface area contributed by atoms with E-state index in [9.17, 15) is 5.11 Å². The lowest BCUT2D eigenvalue weighted by molar-refractivity contribution is 0.124. The number of rotatable bonds is 11. The van der Waals surface area contributed by atoms with Gasteiger partial charge in [0.25, 0.3) is 0 Å². The second kappa shape index (κ2) is 11.1. The standard InChI is InChI=1S/C26H27N3O4S/c1-4-8-19-11-12-23(24(15-19)31-3)33-16-21(30)17-34-26-28-27-25(22-13-14-32-18(22)2)29(26)20-9-6-5-7-10-20/h4-7,9-15,21,30H,1,8,16-17H2,2-3H3/t21-/m0/s1. The van der Waals surface area contributed by atoms with Crippen LogP contribution in [0.1, 0.15) is 11.3 Å². The molecule has 34 heavy (non-hydrogen) atoms. The SMILES string of the molecule is C=CCc1ccc(OC[C@H](O)CSc2nnc(-c3ccoc3C)n2-c2ccccc2)c(OC)c1. The van der Waals surface area contributed by atoms with Crippen molar-refractivity contribution in [1.29, 1.82) is 0 Å². The first-order valence-electron chi connectivity index (χ1n) is 10.9. The number of benzene rings is 2. The van der Waals surface area contributed by atoms with E-state index in [2.05, 4.69) is 16.8 Å². The summed E-state index contributed by atoms with van der Waals surface area (Å²) in [6.45, 7) is 5.78. The van der Waals surface area contributed by atoms with Crippen molar-refractivity contribution in [1.82, 2.24) is 14.8 Å². The number of ether oxygens (including phenoxy) is 2. The van der Waals surface area contributed by atoms with Gasteiger partial charge < -0.3 is 19.0 Å². The van der Waals surface area contributed by atoms with Crippen molar-refractivity contribution in [3.05, 3.63) is 84.8 Å². The van der Waals surface area contributed by atoms with Gasteiger partial charge in [-0.15, -0.1) is 16.8 Å². The maximum absolute atomic E-state index is 10.6. The lowest BCUT2D eigenvalue weighted by Crippen LogP contribution is -2.20. The summed E-state index contributed by atoms with van der Waals surface area (Å²) in [4.78, 5) is 0. The molecule has 7 nitrogen and oxygen atoms in total. The molecule has 1 atom stereocenters. The molecule has 2 aromatic heterocycles. The highest BCUT2D eigenvalue weighted by Crippen LogP contribution is 2.31. The molecular formula is C26H27N3O4S. The maximum atomic E-state index is 10.6. The molecule has 0 spiro atoms. The Kier molecular flexibility index (Phi) is 7.72. The molecule has 0 saturated carbocycles. The maximum Gasteiger partial charge on any atom is 0.196 e. The van der Waals surface area contributed by atoms with E-state index in [-0.39, 0.29) is 6.61 Å². The van der Waals surface area contributed by atoms with Crippen molar-refractivity contribution in [3.63, 3.8) is 0 Å². The lowest BCUT2D eigenvalue weighted by atomic mass is 10.1. The Morgan fingerprint density at radius 3 is 2.68 bits per heavy atom. The van der Waals surface area contributed by atoms with E-state index in [0.717, 1.165) is 29.0 Å². The van der Waals surface area contributed by atoms with Gasteiger partial charge in [0.2, 0.25) is 0 Å². The van der Waals surface area contributed by atoms with E-state index < -0.39 is 6.10 Å². The van der Waals surface area contributed by atoms with Gasteiger partial charge in [-0.05, 0) is 49.2 Å². The van der Waals surface area contributed by atoms with Crippen molar-refractivity contribution < 1.29 is 19.0 Å². The van der Waals surface area contributed by atoms with Crippen LogP contribution in [-0.4, -0.2) is 45.4 Å². The fraction of sp³-hybridized carbons (Fsp3) is 0.231. The molecule has 0 unspecified atom stereocenters. The van der Waals surface area contributed by atoms with Gasteiger partial charge in [-0.25, -0.2) is 0 Å². The minimum Gasteiger partial charge on any atom is -0.493 e. The Labute approximate surface area is 203 Å². The van der Waals surface area contributed by atoms with Crippen LogP contribution in [-0.2, 0) is 6.42 Å². The Morgan fingerprint density at radius 2 is 1.97 bits per heavy atom. The summed E-state index contributed by atoms with van der Waals surface area (Å²) in [5.41, 5.74) is 2.89. The Hall–Kier alpha value is -3.49. The number of hydrogen-bond acceptors (Lipinski definition) is 7. The molecule has 0 aliphatic heterocycles. The molecule has 0 bridgehead atoms. The molecule has 0 radical (unpaired) electrons. The second-order valence-electron chi connectivity index (χ2n) is 7.62. The van der Waals surface area contributed by atoms with Crippen molar-refractivity contribution in [2.75, 3.05) is 19.5 Å². The number of aliphatic hydroxyl groups excluding tert-OH is 1. The third kappa shape index (κ3) is 5.35. The molecule has 0 saturated heterocycles. The van der Waals surface area contributed by atoms with Crippen molar-refractivity contribution in [2.45, 2.75) is 24.6 Å². The van der Waals surface area contributed by atoms with E-state index in [4.69, 9.17) is 13.9 Å². The third-order valence-corrected chi connectivity index (χ3v) is 6.27. The summed E-state index contributed by atoms with van der Waals surface area (Å²) in [5.74, 6) is 3.05. The summed E-state index contributed by atoms with van der Waals surface area (Å²) < 4.78 is 18.7. The van der Waals surface area contributed by atoms with E-state index in [0.29, 0.717) is 28.2 Å². The largest absolute Gasteiger partial charge is 0.493 e. The Balaban J connectivity index is 1.46. The van der Waals surface area contributed by atoms with Crippen molar-refractivity contribution in [2.24, 2.45) is 0 Å². The first-order valence-corrected chi connectivity index (χ1v) is 11.9. The Morgan fingerprint density at radius 1 is 1.15 bits per heavy atom. The number of aryl methyl sites for hydroxylation is 1. The van der Waals surface area contributed by atoms with Gasteiger partial charge in [-0.2, -0.15) is 0 Å². The molecule has 0 fully saturated rings. The van der Waals surface area contributed by atoms with E-state index >= 15 is 0 Å². The average molecular weight is 478 g/mol. The zero-order chi connectivity index (χ0) is 23.9. The minimum absolute atomic E-state index is 0.122. The van der Waals surface area contributed by atoms with E-state index in [1.54, 1.807) is 13.4 Å². The third-order valence-electron chi connectivity index (χ3n) is 5.19. The van der Waals surface area contributed by atoms with Gasteiger partial charge in [0.15, 0.2) is 22.5 Å². The molecule has 8 heteroatoms. The molecule has 0 aliphatic carbocycles. The van der Waals surface area contributed by atoms with Gasteiger partial charge in [-0.1, -0.05) is 42.1 Å². The van der Waals surface area contributed by atoms with Crippen LogP contribution in [0, 0.1) is 6.92 Å². The molecule has 0 aliphatic rings. The number of furan rings is 1. The smallest absolute Gasteiger partial charge is 0.196 e. The Bertz CT molecular complexity index is 1240. The van der Waals surface area contributed by atoms with Crippen molar-refractivity contribution >= 4 is 11.8 Å². The molecule has 2 heterocycles. The predicted octanol–water partition coefficient (Wildman–Crippen LogP) is 5.10. The summed E-state index contributed by atoms with van der Waals surface area (Å²) in [6, 6.07) is 17.5. The average Bonchev–Trinajstić information content (AvgIpc) is 3.48. The molecular weight excluding hydrogens is 450 g/mol. The molecule has 4 aromatic rings. The monoisotopic (exact) mass is 477 g/mol. The van der Waals surface area contributed by atoms with Crippen LogP contribution < -0.4 is 9.47 Å². The first kappa shape index (κ1) is 23.7. The number of aliphatic hydroxyl groups is 1. The predicted molar refractivity (Wildman–Crippen MR) is 133 cm³/mol. The number of hydrogen-bond donors (Lipinski definition) is 1. The summed E-state index contributed by atoms with van der Waals surface area (Å²) >= 11 is 1.41. The summed E-state index contributed by atoms with van der Waals surface area (Å²) in [7, 11) is 1.60. The highest BCUT2D eigenvalue weighted by atomic mass is 32.2. The number of allylic oxidation sites excluding steroid dienone is 1. The molecule has 1 N–H and O–H groups in total. The topological polar surface area (TPSA) is 82.5 Å². The van der Waals surface area contributed by atoms with Crippen molar-refractivity contribution in [3.8, 4) is 28.6 Å². The number of para-hydroxylation sites is 1. The quantitative estimate of drug-likeness (QED) is 0.238. The highest BCUT2D eigenvalue weighted by Gasteiger charge is 2.20. The fourth-order valence-corrected chi connectivity index (χ4v) is 4.35. The van der Waals surface area contributed by atoms with Crippen LogP contribution in [0.4, 0.5) is 0 Å². The number of nitrogens with zero attached hydrogens (tertiary/aromatic N) is 3. The van der Waals surface area contributed by atoms with Crippen LogP contribution in [0.15, 0.2) is 83.1 Å². The summed E-state index contributed by atoms with van der Waals surface area (Å²) in [6.07, 6.45) is 3.51. The zero-order valence-corrected chi connectivity index (χ0v) is 20.0. The van der Waals surface area contributed by atoms with Crippen LogP contribution in [0.2, 0.25) is 0 Å². The lowest BCUT2D eigenvalue weighted by Gasteiger charge is -2.15. The second-order valence-corrected chi connectivity index (χ2v) is 8.61. The van der Waals surface area contributed by atoms with Gasteiger partial charge in [-0.3, -0.25) is 4.57 Å². The van der Waals surface area contributed by atoms with Crippen LogP contribution in [0.3, 0.4) is 0 Å². The zero-order valence-electron chi connectivity index (χ0n) is 19.2. The van der Waals surface area contributed by atoms with Gasteiger partial charge in [0, 0.05) is 11.4 Å². The number of thioether (sulfide) groups is 1. The molecule has 176 valence electrons. The van der Waals surface area contributed by atoms with Gasteiger partial charge in [0.1, 0.15) is 12.4 Å². The number of aromatic nitrogens is 3. The molecule has 4 rings (SSSR count). The highest BCUT2D eigenvalue weighted by molar-refractivity contribution is 7.99.